The van der Waals surface area contributed by atoms with Gasteiger partial charge in [-0.15, -0.1) is 0 Å². The predicted octanol–water partition coefficient (Wildman–Crippen LogP) is 1.29. The van der Waals surface area contributed by atoms with E-state index in [0.29, 0.717) is 24.8 Å². The number of hydrogen-bond donors (Lipinski definition) is 2. The number of likely N-dealkylation sites (N-methyl/N-ethyl adjacent to an activating group) is 1. The Morgan fingerprint density at radius 1 is 1.47 bits per heavy atom. The molecule has 2 rings (SSSR count). The average Bonchev–Trinajstić information content (AvgIpc) is 3.11. The van der Waals surface area contributed by atoms with E-state index in [4.69, 9.17) is 17.3 Å². The van der Waals surface area contributed by atoms with Crippen LogP contribution in [0.15, 0.2) is 23.1 Å². The van der Waals surface area contributed by atoms with Gasteiger partial charge in [0.05, 0.1) is 5.02 Å². The van der Waals surface area contributed by atoms with Crippen LogP contribution in [0.4, 0.5) is 5.69 Å². The molecule has 1 aromatic carbocycles. The smallest absolute Gasteiger partial charge is 0.242 e. The van der Waals surface area contributed by atoms with E-state index in [1.54, 1.807) is 0 Å². The standard InChI is InChI=1S/C12H18ClN3O2S/c1-16(10-3-4-10)7-6-15-19(17,18)12-5-2-9(14)8-11(12)13/h2,5,8,10,15H,3-4,6-7,14H2,1H3. The topological polar surface area (TPSA) is 75.4 Å². The van der Waals surface area contributed by atoms with Crippen molar-refractivity contribution >= 4 is 27.3 Å². The van der Waals surface area contributed by atoms with Gasteiger partial charge in [-0.1, -0.05) is 11.6 Å². The second-order valence-electron chi connectivity index (χ2n) is 4.80. The fraction of sp³-hybridized carbons (Fsp3) is 0.500. The van der Waals surface area contributed by atoms with Crippen LogP contribution in [-0.2, 0) is 10.0 Å². The Balaban J connectivity index is 1.97. The van der Waals surface area contributed by atoms with Gasteiger partial charge in [-0.05, 0) is 38.1 Å². The Morgan fingerprint density at radius 2 is 2.16 bits per heavy atom. The van der Waals surface area contributed by atoms with Gasteiger partial charge in [0, 0.05) is 24.8 Å². The van der Waals surface area contributed by atoms with Crippen LogP contribution in [-0.4, -0.2) is 39.5 Å². The van der Waals surface area contributed by atoms with Crippen molar-refractivity contribution in [2.45, 2.75) is 23.8 Å². The van der Waals surface area contributed by atoms with E-state index in [0.717, 1.165) is 0 Å². The Kier molecular flexibility index (Phi) is 4.35. The number of anilines is 1. The van der Waals surface area contributed by atoms with E-state index in [2.05, 4.69) is 9.62 Å². The molecule has 0 radical (unpaired) electrons. The third-order valence-electron chi connectivity index (χ3n) is 3.17. The van der Waals surface area contributed by atoms with Crippen LogP contribution < -0.4 is 10.5 Å². The first kappa shape index (κ1) is 14.6. The highest BCUT2D eigenvalue weighted by molar-refractivity contribution is 7.89. The van der Waals surface area contributed by atoms with Gasteiger partial charge in [0.25, 0.3) is 0 Å². The number of nitrogens with two attached hydrogens (primary N) is 1. The van der Waals surface area contributed by atoms with Gasteiger partial charge in [0.2, 0.25) is 10.0 Å². The highest BCUT2D eigenvalue weighted by atomic mass is 35.5. The van der Waals surface area contributed by atoms with E-state index >= 15 is 0 Å². The summed E-state index contributed by atoms with van der Waals surface area (Å²) in [5.41, 5.74) is 5.99. The van der Waals surface area contributed by atoms with Crippen molar-refractivity contribution in [2.75, 3.05) is 25.9 Å². The average molecular weight is 304 g/mol. The van der Waals surface area contributed by atoms with Crippen LogP contribution in [0.5, 0.6) is 0 Å². The Hall–Kier alpha value is -0.820. The molecule has 0 heterocycles. The first-order chi connectivity index (χ1) is 8.90. The lowest BCUT2D eigenvalue weighted by Gasteiger charge is -2.16. The van der Waals surface area contributed by atoms with Crippen LogP contribution in [0.2, 0.25) is 5.02 Å². The third-order valence-corrected chi connectivity index (χ3v) is 5.12. The van der Waals surface area contributed by atoms with E-state index < -0.39 is 10.0 Å². The molecule has 5 nitrogen and oxygen atoms in total. The molecular formula is C12H18ClN3O2S. The van der Waals surface area contributed by atoms with Crippen molar-refractivity contribution < 1.29 is 8.42 Å². The first-order valence-corrected chi connectivity index (χ1v) is 8.01. The summed E-state index contributed by atoms with van der Waals surface area (Å²) in [6.07, 6.45) is 2.40. The molecule has 0 saturated heterocycles. The maximum atomic E-state index is 12.1. The summed E-state index contributed by atoms with van der Waals surface area (Å²) in [6.45, 7) is 1.06. The molecule has 3 N–H and O–H groups in total. The molecule has 0 aromatic heterocycles. The molecule has 1 fully saturated rings. The van der Waals surface area contributed by atoms with E-state index in [1.165, 1.54) is 31.0 Å². The minimum absolute atomic E-state index is 0.0671. The number of benzene rings is 1. The predicted molar refractivity (Wildman–Crippen MR) is 76.7 cm³/mol. The van der Waals surface area contributed by atoms with Crippen LogP contribution in [0.3, 0.4) is 0 Å². The number of halogens is 1. The molecule has 0 atom stereocenters. The van der Waals surface area contributed by atoms with Gasteiger partial charge >= 0.3 is 0 Å². The number of nitrogens with one attached hydrogen (secondary N) is 1. The van der Waals surface area contributed by atoms with Crippen molar-refractivity contribution in [3.8, 4) is 0 Å². The lowest BCUT2D eigenvalue weighted by Crippen LogP contribution is -2.34. The zero-order valence-electron chi connectivity index (χ0n) is 10.8. The second kappa shape index (κ2) is 5.66. The highest BCUT2D eigenvalue weighted by Crippen LogP contribution is 2.25. The molecule has 0 bridgehead atoms. The monoisotopic (exact) mass is 303 g/mol. The quantitative estimate of drug-likeness (QED) is 0.777. The third kappa shape index (κ3) is 3.82. The normalized spacial score (nSPS) is 15.9. The van der Waals surface area contributed by atoms with Crippen molar-refractivity contribution in [1.82, 2.24) is 9.62 Å². The molecule has 1 saturated carbocycles. The number of nitrogen functional groups attached to an aromatic ring is 1. The number of hydrogen-bond acceptors (Lipinski definition) is 4. The van der Waals surface area contributed by atoms with Gasteiger partial charge in [0.1, 0.15) is 4.90 Å². The fourth-order valence-corrected chi connectivity index (χ4v) is 3.44. The fourth-order valence-electron chi connectivity index (χ4n) is 1.87. The Morgan fingerprint density at radius 3 is 2.74 bits per heavy atom. The Bertz CT molecular complexity index is 558. The van der Waals surface area contributed by atoms with Crippen LogP contribution in [0.25, 0.3) is 0 Å². The van der Waals surface area contributed by atoms with Crippen LogP contribution >= 0.6 is 11.6 Å². The summed E-state index contributed by atoms with van der Waals surface area (Å²) in [7, 11) is -1.57. The molecule has 0 spiro atoms. The Labute approximate surface area is 118 Å². The van der Waals surface area contributed by atoms with Gasteiger partial charge in [-0.2, -0.15) is 0 Å². The molecule has 0 unspecified atom stereocenters. The van der Waals surface area contributed by atoms with E-state index in [-0.39, 0.29) is 9.92 Å². The SMILES string of the molecule is CN(CCNS(=O)(=O)c1ccc(N)cc1Cl)C1CC1. The molecule has 0 aliphatic heterocycles. The maximum absolute atomic E-state index is 12.1. The van der Waals surface area contributed by atoms with E-state index in [1.807, 2.05) is 7.05 Å². The largest absolute Gasteiger partial charge is 0.399 e. The summed E-state index contributed by atoms with van der Waals surface area (Å²) in [5.74, 6) is 0. The lowest BCUT2D eigenvalue weighted by molar-refractivity contribution is 0.329. The number of nitrogens with zero attached hydrogens (tertiary/aromatic N) is 1. The molecule has 19 heavy (non-hydrogen) atoms. The van der Waals surface area contributed by atoms with Crippen LogP contribution in [0.1, 0.15) is 12.8 Å². The number of sulfonamides is 1. The van der Waals surface area contributed by atoms with Crippen molar-refractivity contribution in [3.05, 3.63) is 23.2 Å². The molecule has 7 heteroatoms. The molecule has 1 aliphatic carbocycles. The summed E-state index contributed by atoms with van der Waals surface area (Å²) in [5, 5.41) is 0.142. The van der Waals surface area contributed by atoms with E-state index in [9.17, 15) is 8.42 Å². The van der Waals surface area contributed by atoms with Gasteiger partial charge in [0.15, 0.2) is 0 Å². The zero-order valence-corrected chi connectivity index (χ0v) is 12.3. The lowest BCUT2D eigenvalue weighted by atomic mass is 10.3. The molecule has 1 aliphatic rings. The summed E-state index contributed by atoms with van der Waals surface area (Å²) < 4.78 is 26.7. The second-order valence-corrected chi connectivity index (χ2v) is 6.94. The highest BCUT2D eigenvalue weighted by Gasteiger charge is 2.26. The van der Waals surface area contributed by atoms with Gasteiger partial charge in [-0.25, -0.2) is 13.1 Å². The van der Waals surface area contributed by atoms with Crippen molar-refractivity contribution in [2.24, 2.45) is 0 Å². The molecular weight excluding hydrogens is 286 g/mol. The number of rotatable bonds is 6. The molecule has 106 valence electrons. The summed E-state index contributed by atoms with van der Waals surface area (Å²) in [6, 6.07) is 5.00. The van der Waals surface area contributed by atoms with Crippen LogP contribution in [0, 0.1) is 0 Å². The molecule has 1 aromatic rings. The minimum Gasteiger partial charge on any atom is -0.399 e. The van der Waals surface area contributed by atoms with Crippen molar-refractivity contribution in [1.29, 1.82) is 0 Å². The molecule has 0 amide bonds. The van der Waals surface area contributed by atoms with Gasteiger partial charge < -0.3 is 10.6 Å². The van der Waals surface area contributed by atoms with Crippen molar-refractivity contribution in [3.63, 3.8) is 0 Å². The minimum atomic E-state index is -3.57. The maximum Gasteiger partial charge on any atom is 0.242 e. The summed E-state index contributed by atoms with van der Waals surface area (Å²) in [4.78, 5) is 2.23. The zero-order chi connectivity index (χ0) is 14.0. The van der Waals surface area contributed by atoms with Gasteiger partial charge in [-0.3, -0.25) is 0 Å². The summed E-state index contributed by atoms with van der Waals surface area (Å²) >= 11 is 5.91. The first-order valence-electron chi connectivity index (χ1n) is 6.15.